The van der Waals surface area contributed by atoms with Crippen molar-refractivity contribution < 1.29 is 14.3 Å². The summed E-state index contributed by atoms with van der Waals surface area (Å²) in [5.41, 5.74) is 1.77. The van der Waals surface area contributed by atoms with Crippen molar-refractivity contribution in [3.63, 3.8) is 0 Å². The van der Waals surface area contributed by atoms with E-state index in [0.717, 1.165) is 11.2 Å². The Kier molecular flexibility index (Phi) is 5.36. The van der Waals surface area contributed by atoms with Crippen LogP contribution in [-0.4, -0.2) is 34.7 Å². The summed E-state index contributed by atoms with van der Waals surface area (Å²) < 4.78 is 12.4. The van der Waals surface area contributed by atoms with Crippen LogP contribution in [0.1, 0.15) is 30.8 Å². The van der Waals surface area contributed by atoms with E-state index >= 15 is 0 Å². The molecule has 1 aromatic carbocycles. The molecule has 7 heteroatoms. The number of aromatic nitrogens is 3. The van der Waals surface area contributed by atoms with Gasteiger partial charge in [0.2, 0.25) is 5.91 Å². The Morgan fingerprint density at radius 1 is 1.15 bits per heavy atom. The molecule has 1 atom stereocenters. The Labute approximate surface area is 152 Å². The lowest BCUT2D eigenvalue weighted by Gasteiger charge is -2.13. The fourth-order valence-electron chi connectivity index (χ4n) is 2.83. The maximum atomic E-state index is 12.3. The number of nitrogens with zero attached hydrogens (tertiary/aromatic N) is 3. The van der Waals surface area contributed by atoms with Crippen LogP contribution in [0.3, 0.4) is 0 Å². The smallest absolute Gasteiger partial charge is 0.220 e. The first-order chi connectivity index (χ1) is 12.6. The highest BCUT2D eigenvalue weighted by atomic mass is 16.5. The minimum Gasteiger partial charge on any atom is -0.493 e. The molecule has 2 heterocycles. The number of pyridine rings is 1. The monoisotopic (exact) mass is 354 g/mol. The second-order valence-corrected chi connectivity index (χ2v) is 5.97. The van der Waals surface area contributed by atoms with Crippen LogP contribution in [0.15, 0.2) is 42.6 Å². The van der Waals surface area contributed by atoms with E-state index in [9.17, 15) is 4.79 Å². The highest BCUT2D eigenvalue weighted by Gasteiger charge is 2.15. The zero-order chi connectivity index (χ0) is 18.5. The van der Waals surface area contributed by atoms with Gasteiger partial charge in [-0.05, 0) is 43.2 Å². The summed E-state index contributed by atoms with van der Waals surface area (Å²) >= 11 is 0. The van der Waals surface area contributed by atoms with Crippen LogP contribution in [0, 0.1) is 0 Å². The molecule has 3 aromatic rings. The zero-order valence-electron chi connectivity index (χ0n) is 15.1. The molecular formula is C19H22N4O3. The molecule has 0 saturated heterocycles. The maximum absolute atomic E-state index is 12.3. The number of fused-ring (bicyclic) bond motifs is 1. The molecule has 0 fully saturated rings. The van der Waals surface area contributed by atoms with Gasteiger partial charge in [-0.25, -0.2) is 0 Å². The number of carbonyl (C=O) groups is 1. The molecule has 7 nitrogen and oxygen atoms in total. The van der Waals surface area contributed by atoms with E-state index in [4.69, 9.17) is 9.47 Å². The number of benzene rings is 1. The van der Waals surface area contributed by atoms with Crippen LogP contribution < -0.4 is 14.8 Å². The van der Waals surface area contributed by atoms with Gasteiger partial charge in [0.1, 0.15) is 0 Å². The minimum absolute atomic E-state index is 0.0417. The van der Waals surface area contributed by atoms with Gasteiger partial charge in [0, 0.05) is 12.6 Å². The number of hydrogen-bond donors (Lipinski definition) is 1. The van der Waals surface area contributed by atoms with Gasteiger partial charge in [-0.2, -0.15) is 0 Å². The van der Waals surface area contributed by atoms with Crippen molar-refractivity contribution >= 4 is 11.6 Å². The third-order valence-electron chi connectivity index (χ3n) is 4.19. The molecule has 1 N–H and O–H groups in total. The van der Waals surface area contributed by atoms with E-state index in [1.807, 2.05) is 53.9 Å². The van der Waals surface area contributed by atoms with Crippen molar-refractivity contribution in [1.29, 1.82) is 0 Å². The first-order valence-corrected chi connectivity index (χ1v) is 8.42. The van der Waals surface area contributed by atoms with Gasteiger partial charge in [0.25, 0.3) is 0 Å². The Morgan fingerprint density at radius 2 is 1.96 bits per heavy atom. The molecule has 0 spiro atoms. The average molecular weight is 354 g/mol. The molecule has 3 rings (SSSR count). The van der Waals surface area contributed by atoms with Gasteiger partial charge in [0.15, 0.2) is 23.0 Å². The summed E-state index contributed by atoms with van der Waals surface area (Å²) in [6.45, 7) is 1.90. The third-order valence-corrected chi connectivity index (χ3v) is 4.19. The highest BCUT2D eigenvalue weighted by Crippen LogP contribution is 2.28. The molecule has 1 unspecified atom stereocenters. The number of methoxy groups -OCH3 is 2. The van der Waals surface area contributed by atoms with Crippen molar-refractivity contribution in [2.24, 2.45) is 0 Å². The second-order valence-electron chi connectivity index (χ2n) is 5.97. The predicted octanol–water partition coefficient (Wildman–Crippen LogP) is 2.56. The van der Waals surface area contributed by atoms with E-state index in [1.54, 1.807) is 14.2 Å². The number of rotatable bonds is 7. The number of aryl methyl sites for hydroxylation is 1. The highest BCUT2D eigenvalue weighted by molar-refractivity contribution is 5.76. The average Bonchev–Trinajstić information content (AvgIpc) is 3.10. The van der Waals surface area contributed by atoms with E-state index in [-0.39, 0.29) is 11.9 Å². The fraction of sp³-hybridized carbons (Fsp3) is 0.316. The lowest BCUT2D eigenvalue weighted by molar-refractivity contribution is -0.121. The van der Waals surface area contributed by atoms with Crippen molar-refractivity contribution in [3.8, 4) is 11.5 Å². The topological polar surface area (TPSA) is 77.8 Å². The second kappa shape index (κ2) is 7.86. The number of ether oxygens (including phenoxy) is 2. The van der Waals surface area contributed by atoms with E-state index < -0.39 is 0 Å². The van der Waals surface area contributed by atoms with Crippen molar-refractivity contribution in [3.05, 3.63) is 54.0 Å². The summed E-state index contributed by atoms with van der Waals surface area (Å²) in [4.78, 5) is 12.3. The molecule has 136 valence electrons. The normalized spacial score (nSPS) is 12.0. The molecule has 0 saturated carbocycles. The third kappa shape index (κ3) is 3.77. The minimum atomic E-state index is -0.231. The summed E-state index contributed by atoms with van der Waals surface area (Å²) in [6.07, 6.45) is 2.87. The zero-order valence-corrected chi connectivity index (χ0v) is 15.1. The predicted molar refractivity (Wildman–Crippen MR) is 97.4 cm³/mol. The molecule has 0 aliphatic rings. The van der Waals surface area contributed by atoms with Gasteiger partial charge in [-0.1, -0.05) is 12.1 Å². The molecule has 1 amide bonds. The SMILES string of the molecule is COc1ccc(CCC(=O)NC(C)c2nnc3ccccn23)cc1OC. The quantitative estimate of drug-likeness (QED) is 0.705. The lowest BCUT2D eigenvalue weighted by Crippen LogP contribution is -2.28. The molecule has 26 heavy (non-hydrogen) atoms. The number of amides is 1. The van der Waals surface area contributed by atoms with Gasteiger partial charge in [-0.3, -0.25) is 9.20 Å². The maximum Gasteiger partial charge on any atom is 0.220 e. The van der Waals surface area contributed by atoms with Gasteiger partial charge < -0.3 is 14.8 Å². The molecule has 0 aliphatic carbocycles. The number of carbonyl (C=O) groups excluding carboxylic acids is 1. The Morgan fingerprint density at radius 3 is 2.73 bits per heavy atom. The molecule has 0 bridgehead atoms. The standard InChI is InChI=1S/C19H22N4O3/c1-13(19-22-21-17-6-4-5-11-23(17)19)20-18(24)10-8-14-7-9-15(25-2)16(12-14)26-3/h4-7,9,11-13H,8,10H2,1-3H3,(H,20,24). The van der Waals surface area contributed by atoms with Crippen LogP contribution in [-0.2, 0) is 11.2 Å². The van der Waals surface area contributed by atoms with Crippen LogP contribution in [0.25, 0.3) is 5.65 Å². The van der Waals surface area contributed by atoms with Crippen LogP contribution in [0.5, 0.6) is 11.5 Å². The molecule has 0 radical (unpaired) electrons. The van der Waals surface area contributed by atoms with Gasteiger partial charge in [-0.15, -0.1) is 10.2 Å². The Bertz CT molecular complexity index is 907. The van der Waals surface area contributed by atoms with Gasteiger partial charge >= 0.3 is 0 Å². The van der Waals surface area contributed by atoms with Crippen molar-refractivity contribution in [2.45, 2.75) is 25.8 Å². The Hall–Kier alpha value is -3.09. The van der Waals surface area contributed by atoms with E-state index in [0.29, 0.717) is 30.2 Å². The summed E-state index contributed by atoms with van der Waals surface area (Å²) in [6, 6.07) is 11.1. The van der Waals surface area contributed by atoms with Crippen LogP contribution in [0.4, 0.5) is 0 Å². The molecule has 0 aliphatic heterocycles. The summed E-state index contributed by atoms with van der Waals surface area (Å²) in [5, 5.41) is 11.3. The summed E-state index contributed by atoms with van der Waals surface area (Å²) in [7, 11) is 3.19. The van der Waals surface area contributed by atoms with Gasteiger partial charge in [0.05, 0.1) is 20.3 Å². The van der Waals surface area contributed by atoms with E-state index in [1.165, 1.54) is 0 Å². The number of hydrogen-bond acceptors (Lipinski definition) is 5. The van der Waals surface area contributed by atoms with Crippen molar-refractivity contribution in [2.75, 3.05) is 14.2 Å². The Balaban J connectivity index is 1.60. The largest absolute Gasteiger partial charge is 0.493 e. The van der Waals surface area contributed by atoms with Crippen molar-refractivity contribution in [1.82, 2.24) is 19.9 Å². The number of nitrogens with one attached hydrogen (secondary N) is 1. The van der Waals surface area contributed by atoms with Crippen LogP contribution >= 0.6 is 0 Å². The molecule has 2 aromatic heterocycles. The fourth-order valence-corrected chi connectivity index (χ4v) is 2.83. The first-order valence-electron chi connectivity index (χ1n) is 8.42. The lowest BCUT2D eigenvalue weighted by atomic mass is 10.1. The molecular weight excluding hydrogens is 332 g/mol. The van der Waals surface area contributed by atoms with E-state index in [2.05, 4.69) is 15.5 Å². The van der Waals surface area contributed by atoms with Crippen LogP contribution in [0.2, 0.25) is 0 Å². The summed E-state index contributed by atoms with van der Waals surface area (Å²) in [5.74, 6) is 2.00. The first kappa shape index (κ1) is 17.7.